The number of hydrogen-bond donors (Lipinski definition) is 0. The molecule has 3 aromatic rings. The number of benzene rings is 3. The monoisotopic (exact) mass is 514 g/mol. The van der Waals surface area contributed by atoms with Crippen LogP contribution in [-0.2, 0) is 4.89 Å². The van der Waals surface area contributed by atoms with Crippen molar-refractivity contribution in [3.05, 3.63) is 48.0 Å². The Kier molecular flexibility index (Phi) is 13.0. The molecule has 5 heteroatoms. The standard InChI is InChI=1S/C32H44F2O3/c1-3-5-7-9-10-11-12-13-14-16-24-36-37-30-22-20-26-25-19-21-29(35-23-15-8-6-4-2)31(33)27(25)17-18-28(26)32(30)34/h17-22H,3-16,23-24H2,1-2H3. The second kappa shape index (κ2) is 16.4. The predicted octanol–water partition coefficient (Wildman–Crippen LogP) is 10.5. The van der Waals surface area contributed by atoms with Crippen LogP contribution < -0.4 is 9.62 Å². The van der Waals surface area contributed by atoms with Crippen molar-refractivity contribution in [3.63, 3.8) is 0 Å². The fourth-order valence-corrected chi connectivity index (χ4v) is 4.75. The second-order valence-corrected chi connectivity index (χ2v) is 10.0. The lowest BCUT2D eigenvalue weighted by Crippen LogP contribution is -2.02. The molecule has 3 rings (SSSR count). The quantitative estimate of drug-likeness (QED) is 0.0689. The zero-order valence-corrected chi connectivity index (χ0v) is 22.8. The SMILES string of the molecule is CCCCCCCCCCCCOOc1ccc2c(ccc3c(F)c(OCCCCCC)ccc32)c1F. The fraction of sp³-hybridized carbons (Fsp3) is 0.562. The smallest absolute Gasteiger partial charge is 0.201 e. The van der Waals surface area contributed by atoms with Gasteiger partial charge in [0.05, 0.1) is 13.2 Å². The van der Waals surface area contributed by atoms with Gasteiger partial charge in [-0.1, -0.05) is 103 Å². The Hall–Kier alpha value is -2.40. The summed E-state index contributed by atoms with van der Waals surface area (Å²) in [6.45, 7) is 5.31. The average Bonchev–Trinajstić information content (AvgIpc) is 2.91. The molecule has 0 aliphatic heterocycles. The normalized spacial score (nSPS) is 11.5. The van der Waals surface area contributed by atoms with Crippen LogP contribution in [0.15, 0.2) is 36.4 Å². The van der Waals surface area contributed by atoms with E-state index in [1.165, 1.54) is 51.4 Å². The zero-order valence-electron chi connectivity index (χ0n) is 22.8. The van der Waals surface area contributed by atoms with Crippen LogP contribution in [-0.4, -0.2) is 13.2 Å². The summed E-state index contributed by atoms with van der Waals surface area (Å²) < 4.78 is 35.9. The number of rotatable bonds is 19. The zero-order chi connectivity index (χ0) is 26.3. The molecular weight excluding hydrogens is 470 g/mol. The topological polar surface area (TPSA) is 27.7 Å². The van der Waals surface area contributed by atoms with Crippen molar-refractivity contribution in [3.8, 4) is 11.5 Å². The highest BCUT2D eigenvalue weighted by Gasteiger charge is 2.15. The van der Waals surface area contributed by atoms with E-state index >= 15 is 8.78 Å². The van der Waals surface area contributed by atoms with Gasteiger partial charge in [0, 0.05) is 10.8 Å². The third-order valence-corrected chi connectivity index (χ3v) is 6.98. The number of halogens is 2. The maximum atomic E-state index is 15.1. The van der Waals surface area contributed by atoms with Gasteiger partial charge in [0.15, 0.2) is 17.4 Å². The lowest BCUT2D eigenvalue weighted by molar-refractivity contribution is -0.209. The molecule has 0 N–H and O–H groups in total. The second-order valence-electron chi connectivity index (χ2n) is 10.0. The maximum Gasteiger partial charge on any atom is 0.201 e. The van der Waals surface area contributed by atoms with E-state index < -0.39 is 11.6 Å². The number of fused-ring (bicyclic) bond motifs is 3. The van der Waals surface area contributed by atoms with Gasteiger partial charge in [-0.3, -0.25) is 0 Å². The van der Waals surface area contributed by atoms with Crippen molar-refractivity contribution in [2.24, 2.45) is 0 Å². The molecule has 0 atom stereocenters. The average molecular weight is 515 g/mol. The molecule has 0 fully saturated rings. The minimum Gasteiger partial charge on any atom is -0.490 e. The first kappa shape index (κ1) is 29.2. The first-order valence-corrected chi connectivity index (χ1v) is 14.4. The molecule has 0 aromatic heterocycles. The van der Waals surface area contributed by atoms with Gasteiger partial charge in [-0.25, -0.2) is 8.78 Å². The van der Waals surface area contributed by atoms with E-state index in [2.05, 4.69) is 13.8 Å². The van der Waals surface area contributed by atoms with E-state index in [0.29, 0.717) is 34.8 Å². The van der Waals surface area contributed by atoms with E-state index in [-0.39, 0.29) is 11.5 Å². The van der Waals surface area contributed by atoms with Crippen LogP contribution in [0.1, 0.15) is 104 Å². The Labute approximate surface area is 221 Å². The summed E-state index contributed by atoms with van der Waals surface area (Å²) in [5.41, 5.74) is 0. The third-order valence-electron chi connectivity index (χ3n) is 6.98. The highest BCUT2D eigenvalue weighted by Crippen LogP contribution is 2.35. The van der Waals surface area contributed by atoms with E-state index in [9.17, 15) is 0 Å². The molecule has 0 heterocycles. The summed E-state index contributed by atoms with van der Waals surface area (Å²) in [5, 5.41) is 2.07. The minimum absolute atomic E-state index is 0.0476. The Balaban J connectivity index is 1.48. The first-order valence-electron chi connectivity index (χ1n) is 14.4. The van der Waals surface area contributed by atoms with E-state index in [1.54, 1.807) is 36.4 Å². The van der Waals surface area contributed by atoms with Gasteiger partial charge in [-0.15, -0.1) is 0 Å². The molecule has 3 nitrogen and oxygen atoms in total. The van der Waals surface area contributed by atoms with Crippen molar-refractivity contribution < 1.29 is 23.3 Å². The molecule has 0 bridgehead atoms. The largest absolute Gasteiger partial charge is 0.490 e. The van der Waals surface area contributed by atoms with Crippen LogP contribution in [0.3, 0.4) is 0 Å². The van der Waals surface area contributed by atoms with Crippen molar-refractivity contribution in [2.45, 2.75) is 104 Å². The number of ether oxygens (including phenoxy) is 1. The van der Waals surface area contributed by atoms with Crippen LogP contribution >= 0.6 is 0 Å². The summed E-state index contributed by atoms with van der Waals surface area (Å²) in [6.07, 6.45) is 16.7. The van der Waals surface area contributed by atoms with Crippen molar-refractivity contribution in [1.82, 2.24) is 0 Å². The van der Waals surface area contributed by atoms with Gasteiger partial charge in [0.1, 0.15) is 0 Å². The summed E-state index contributed by atoms with van der Waals surface area (Å²) in [5.74, 6) is -0.620. The Morgan fingerprint density at radius 3 is 1.51 bits per heavy atom. The van der Waals surface area contributed by atoms with E-state index in [0.717, 1.165) is 38.5 Å². The Bertz CT molecular complexity index is 1080. The lowest BCUT2D eigenvalue weighted by atomic mass is 10.0. The van der Waals surface area contributed by atoms with Crippen LogP contribution in [0.2, 0.25) is 0 Å². The Morgan fingerprint density at radius 2 is 0.919 bits per heavy atom. The summed E-state index contributed by atoms with van der Waals surface area (Å²) in [6, 6.07) is 9.93. The number of hydrogen-bond acceptors (Lipinski definition) is 3. The van der Waals surface area contributed by atoms with E-state index in [1.807, 2.05) is 0 Å². The van der Waals surface area contributed by atoms with Gasteiger partial charge < -0.3 is 9.62 Å². The summed E-state index contributed by atoms with van der Waals surface area (Å²) in [7, 11) is 0. The molecule has 0 unspecified atom stereocenters. The van der Waals surface area contributed by atoms with Gasteiger partial charge in [0.25, 0.3) is 0 Å². The van der Waals surface area contributed by atoms with Crippen LogP contribution in [0.25, 0.3) is 21.5 Å². The van der Waals surface area contributed by atoms with E-state index in [4.69, 9.17) is 14.5 Å². The molecule has 204 valence electrons. The lowest BCUT2D eigenvalue weighted by Gasteiger charge is -2.12. The molecule has 0 radical (unpaired) electrons. The Morgan fingerprint density at radius 1 is 0.486 bits per heavy atom. The molecule has 0 aliphatic rings. The van der Waals surface area contributed by atoms with Gasteiger partial charge >= 0.3 is 0 Å². The molecule has 0 aliphatic carbocycles. The molecule has 0 saturated carbocycles. The van der Waals surface area contributed by atoms with Crippen molar-refractivity contribution in [2.75, 3.05) is 13.2 Å². The predicted molar refractivity (Wildman–Crippen MR) is 149 cm³/mol. The molecule has 37 heavy (non-hydrogen) atoms. The maximum absolute atomic E-state index is 15.1. The van der Waals surface area contributed by atoms with Crippen molar-refractivity contribution in [1.29, 1.82) is 0 Å². The number of unbranched alkanes of at least 4 members (excludes halogenated alkanes) is 12. The van der Waals surface area contributed by atoms with Gasteiger partial charge in [-0.05, 0) is 47.9 Å². The molecule has 0 amide bonds. The molecule has 0 spiro atoms. The highest BCUT2D eigenvalue weighted by atomic mass is 19.1. The third kappa shape index (κ3) is 8.84. The van der Waals surface area contributed by atoms with Gasteiger partial charge in [0.2, 0.25) is 5.75 Å². The molecule has 0 saturated heterocycles. The minimum atomic E-state index is -0.501. The van der Waals surface area contributed by atoms with Crippen molar-refractivity contribution >= 4 is 21.5 Å². The highest BCUT2D eigenvalue weighted by molar-refractivity contribution is 6.08. The van der Waals surface area contributed by atoms with Crippen LogP contribution in [0.5, 0.6) is 11.5 Å². The fourth-order valence-electron chi connectivity index (χ4n) is 4.75. The van der Waals surface area contributed by atoms with Crippen LogP contribution in [0, 0.1) is 11.6 Å². The van der Waals surface area contributed by atoms with Gasteiger partial charge in [-0.2, -0.15) is 4.89 Å². The van der Waals surface area contributed by atoms with Crippen LogP contribution in [0.4, 0.5) is 8.78 Å². The molecular formula is C32H44F2O3. The summed E-state index contributed by atoms with van der Waals surface area (Å²) >= 11 is 0. The summed E-state index contributed by atoms with van der Waals surface area (Å²) in [4.78, 5) is 10.6. The molecule has 3 aromatic carbocycles. The first-order chi connectivity index (χ1) is 18.2.